The van der Waals surface area contributed by atoms with Gasteiger partial charge < -0.3 is 24.8 Å². The van der Waals surface area contributed by atoms with Crippen molar-refractivity contribution in [1.29, 1.82) is 0 Å². The molecule has 0 unspecified atom stereocenters. The summed E-state index contributed by atoms with van der Waals surface area (Å²) in [6, 6.07) is 0. The molecule has 5 atom stereocenters. The Morgan fingerprint density at radius 1 is 1.24 bits per heavy atom. The van der Waals surface area contributed by atoms with Crippen molar-refractivity contribution in [2.45, 2.75) is 70.4 Å². The molecule has 1 fully saturated rings. The molecule has 3 N–H and O–H groups in total. The summed E-state index contributed by atoms with van der Waals surface area (Å²) in [4.78, 5) is 11.8. The van der Waals surface area contributed by atoms with Crippen LogP contribution in [0.2, 0.25) is 0 Å². The molecule has 1 aromatic carbocycles. The first-order valence-electron chi connectivity index (χ1n) is 8.95. The first-order chi connectivity index (χ1) is 11.8. The van der Waals surface area contributed by atoms with Crippen molar-refractivity contribution in [3.05, 3.63) is 22.3 Å². The Morgan fingerprint density at radius 3 is 2.64 bits per heavy atom. The van der Waals surface area contributed by atoms with E-state index in [1.807, 2.05) is 13.8 Å². The summed E-state index contributed by atoms with van der Waals surface area (Å²) in [5, 5.41) is 31.3. The SMILES string of the molecule is Cc1c(O)c(C(=O)O)c2c3c1[C@H](C)[C@@H](C)O[C@@H]3[C@@H]1CCCC[C@]1(O)O2. The molecule has 0 saturated heterocycles. The monoisotopic (exact) mass is 348 g/mol. The van der Waals surface area contributed by atoms with E-state index in [2.05, 4.69) is 0 Å². The maximum atomic E-state index is 11.8. The van der Waals surface area contributed by atoms with Crippen molar-refractivity contribution in [2.75, 3.05) is 0 Å². The fraction of sp³-hybridized carbons (Fsp3) is 0.632. The van der Waals surface area contributed by atoms with Crippen LogP contribution >= 0.6 is 0 Å². The van der Waals surface area contributed by atoms with Gasteiger partial charge in [-0.2, -0.15) is 0 Å². The average molecular weight is 348 g/mol. The van der Waals surface area contributed by atoms with E-state index in [4.69, 9.17) is 9.47 Å². The van der Waals surface area contributed by atoms with Crippen LogP contribution in [-0.2, 0) is 4.74 Å². The Labute approximate surface area is 146 Å². The molecule has 6 nitrogen and oxygen atoms in total. The summed E-state index contributed by atoms with van der Waals surface area (Å²) in [7, 11) is 0. The Morgan fingerprint density at radius 2 is 1.96 bits per heavy atom. The lowest BCUT2D eigenvalue weighted by atomic mass is 9.70. The molecule has 1 saturated carbocycles. The number of fused-ring (bicyclic) bond motifs is 2. The lowest BCUT2D eigenvalue weighted by molar-refractivity contribution is -0.248. The number of carboxylic acids is 1. The lowest BCUT2D eigenvalue weighted by Gasteiger charge is -2.51. The van der Waals surface area contributed by atoms with E-state index in [9.17, 15) is 20.1 Å². The summed E-state index contributed by atoms with van der Waals surface area (Å²) in [6.07, 6.45) is 2.49. The number of hydrogen-bond acceptors (Lipinski definition) is 5. The van der Waals surface area contributed by atoms with Gasteiger partial charge in [-0.1, -0.05) is 13.3 Å². The van der Waals surface area contributed by atoms with Crippen LogP contribution in [0.3, 0.4) is 0 Å². The molecule has 1 aliphatic carbocycles. The van der Waals surface area contributed by atoms with Crippen LogP contribution in [0.5, 0.6) is 11.5 Å². The van der Waals surface area contributed by atoms with Gasteiger partial charge in [0, 0.05) is 17.9 Å². The largest absolute Gasteiger partial charge is 0.507 e. The van der Waals surface area contributed by atoms with Gasteiger partial charge in [0.2, 0.25) is 5.79 Å². The molecule has 3 aliphatic rings. The standard InChI is InChI=1S/C19H24O6/c1-8-10(3)24-16-11-6-4-5-7-19(11,23)25-17-13(16)12(8)9(2)15(20)14(17)18(21)22/h8,10-11,16,20,23H,4-7H2,1-3H3,(H,21,22)/t8-,10-,11+,16-,19+/m1/s1. The van der Waals surface area contributed by atoms with Crippen molar-refractivity contribution in [2.24, 2.45) is 5.92 Å². The average Bonchev–Trinajstić information content (AvgIpc) is 2.54. The maximum absolute atomic E-state index is 11.8. The fourth-order valence-corrected chi connectivity index (χ4v) is 4.85. The minimum Gasteiger partial charge on any atom is -0.507 e. The van der Waals surface area contributed by atoms with Crippen molar-refractivity contribution >= 4 is 5.97 Å². The zero-order valence-electron chi connectivity index (χ0n) is 14.7. The van der Waals surface area contributed by atoms with Gasteiger partial charge in [-0.3, -0.25) is 0 Å². The highest BCUT2D eigenvalue weighted by molar-refractivity contribution is 5.96. The highest BCUT2D eigenvalue weighted by Crippen LogP contribution is 2.59. The number of aromatic hydroxyl groups is 1. The van der Waals surface area contributed by atoms with Crippen LogP contribution < -0.4 is 4.74 Å². The van der Waals surface area contributed by atoms with Crippen molar-refractivity contribution in [3.8, 4) is 11.5 Å². The van der Waals surface area contributed by atoms with E-state index in [1.165, 1.54) is 0 Å². The van der Waals surface area contributed by atoms with Gasteiger partial charge in [-0.25, -0.2) is 4.79 Å². The van der Waals surface area contributed by atoms with E-state index >= 15 is 0 Å². The summed E-state index contributed by atoms with van der Waals surface area (Å²) in [5.74, 6) is -3.14. The van der Waals surface area contributed by atoms with Gasteiger partial charge >= 0.3 is 5.97 Å². The van der Waals surface area contributed by atoms with Gasteiger partial charge in [0.05, 0.1) is 18.1 Å². The second-order valence-corrected chi connectivity index (χ2v) is 7.66. The first kappa shape index (κ1) is 16.7. The van der Waals surface area contributed by atoms with Crippen LogP contribution in [0.1, 0.15) is 78.6 Å². The van der Waals surface area contributed by atoms with Gasteiger partial charge in [-0.05, 0) is 37.8 Å². The molecule has 0 bridgehead atoms. The number of benzene rings is 1. The minimum absolute atomic E-state index is 0.00266. The Hall–Kier alpha value is -1.79. The van der Waals surface area contributed by atoms with Crippen LogP contribution in [-0.4, -0.2) is 33.2 Å². The van der Waals surface area contributed by atoms with Crippen LogP contribution in [0.15, 0.2) is 0 Å². The number of hydrogen-bond donors (Lipinski definition) is 3. The third kappa shape index (κ3) is 2.13. The molecule has 25 heavy (non-hydrogen) atoms. The molecule has 1 aromatic rings. The van der Waals surface area contributed by atoms with E-state index in [0.717, 1.165) is 24.8 Å². The van der Waals surface area contributed by atoms with Gasteiger partial charge in [0.25, 0.3) is 0 Å². The minimum atomic E-state index is -1.45. The number of carboxylic acid groups (broad SMARTS) is 1. The number of aromatic carboxylic acids is 1. The van der Waals surface area contributed by atoms with Crippen LogP contribution in [0, 0.1) is 12.8 Å². The van der Waals surface area contributed by atoms with Crippen molar-refractivity contribution < 1.29 is 29.6 Å². The Bertz CT molecular complexity index is 757. The number of phenols is 1. The Kier molecular flexibility index (Phi) is 3.57. The van der Waals surface area contributed by atoms with Crippen LogP contribution in [0.4, 0.5) is 0 Å². The molecule has 0 amide bonds. The number of carbonyl (C=O) groups is 1. The lowest BCUT2D eigenvalue weighted by Crippen LogP contribution is -2.54. The van der Waals surface area contributed by atoms with E-state index in [-0.39, 0.29) is 35.0 Å². The number of aliphatic hydroxyl groups is 1. The summed E-state index contributed by atoms with van der Waals surface area (Å²) in [6.45, 7) is 5.72. The van der Waals surface area contributed by atoms with Gasteiger partial charge in [0.1, 0.15) is 17.1 Å². The van der Waals surface area contributed by atoms with E-state index in [0.29, 0.717) is 17.5 Å². The number of rotatable bonds is 1. The molecular formula is C19H24O6. The third-order valence-electron chi connectivity index (χ3n) is 6.30. The van der Waals surface area contributed by atoms with Gasteiger partial charge in [0.15, 0.2) is 0 Å². The molecule has 2 aliphatic heterocycles. The first-order valence-corrected chi connectivity index (χ1v) is 8.95. The summed E-state index contributed by atoms with van der Waals surface area (Å²) in [5.41, 5.74) is 1.89. The smallest absolute Gasteiger partial charge is 0.343 e. The third-order valence-corrected chi connectivity index (χ3v) is 6.30. The Balaban J connectivity index is 2.05. The summed E-state index contributed by atoms with van der Waals surface area (Å²) < 4.78 is 12.2. The quantitative estimate of drug-likeness (QED) is 0.721. The molecule has 0 spiro atoms. The summed E-state index contributed by atoms with van der Waals surface area (Å²) >= 11 is 0. The maximum Gasteiger partial charge on any atom is 0.343 e. The highest BCUT2D eigenvalue weighted by atomic mass is 16.6. The second kappa shape index (κ2) is 5.35. The topological polar surface area (TPSA) is 96.2 Å². The molecule has 0 aromatic heterocycles. The van der Waals surface area contributed by atoms with Crippen LogP contribution in [0.25, 0.3) is 0 Å². The molecule has 2 heterocycles. The fourth-order valence-electron chi connectivity index (χ4n) is 4.85. The van der Waals surface area contributed by atoms with Gasteiger partial charge in [-0.15, -0.1) is 0 Å². The predicted molar refractivity (Wildman–Crippen MR) is 89.0 cm³/mol. The second-order valence-electron chi connectivity index (χ2n) is 7.66. The van der Waals surface area contributed by atoms with Crippen molar-refractivity contribution in [3.63, 3.8) is 0 Å². The van der Waals surface area contributed by atoms with E-state index in [1.54, 1.807) is 6.92 Å². The molecule has 0 radical (unpaired) electrons. The normalized spacial score (nSPS) is 36.2. The zero-order valence-corrected chi connectivity index (χ0v) is 14.7. The van der Waals surface area contributed by atoms with Crippen molar-refractivity contribution in [1.82, 2.24) is 0 Å². The molecule has 4 rings (SSSR count). The highest BCUT2D eigenvalue weighted by Gasteiger charge is 2.55. The molecular weight excluding hydrogens is 324 g/mol. The predicted octanol–water partition coefficient (Wildman–Crippen LogP) is 3.23. The van der Waals surface area contributed by atoms with E-state index < -0.39 is 17.9 Å². The zero-order chi connectivity index (χ0) is 18.1. The molecule has 6 heteroatoms. The number of ether oxygens (including phenoxy) is 2. The molecule has 136 valence electrons.